The van der Waals surface area contributed by atoms with E-state index in [-0.39, 0.29) is 5.91 Å². The molecule has 7 heteroatoms. The van der Waals surface area contributed by atoms with Crippen LogP contribution in [0.15, 0.2) is 12.3 Å². The van der Waals surface area contributed by atoms with E-state index in [9.17, 15) is 9.59 Å². The first-order valence-electron chi connectivity index (χ1n) is 10.4. The van der Waals surface area contributed by atoms with Crippen LogP contribution in [0.1, 0.15) is 64.4 Å². The van der Waals surface area contributed by atoms with E-state index in [0.29, 0.717) is 35.4 Å². The molecule has 0 unspecified atom stereocenters. The molecule has 2 N–H and O–H groups in total. The molecule has 0 radical (unpaired) electrons. The maximum Gasteiger partial charge on any atom is 0.356 e. The highest BCUT2D eigenvalue weighted by molar-refractivity contribution is 6.10. The Bertz CT molecular complexity index is 853. The zero-order valence-corrected chi connectivity index (χ0v) is 18.5. The van der Waals surface area contributed by atoms with E-state index >= 15 is 0 Å². The summed E-state index contributed by atoms with van der Waals surface area (Å²) in [4.78, 5) is 29.1. The van der Waals surface area contributed by atoms with Crippen LogP contribution < -0.4 is 10.6 Å². The van der Waals surface area contributed by atoms with Gasteiger partial charge in [-0.3, -0.25) is 4.79 Å². The van der Waals surface area contributed by atoms with Gasteiger partial charge in [-0.2, -0.15) is 0 Å². The number of nitrogens with zero attached hydrogens (tertiary/aromatic N) is 2. The SMILES string of the molecule is CCC(CC)CNc1cnc2c(c1)c(NC(C)=O)c(C(=O)OC)n2CCC(C)C. The van der Waals surface area contributed by atoms with Crippen LogP contribution in [0.5, 0.6) is 0 Å². The highest BCUT2D eigenvalue weighted by atomic mass is 16.5. The number of anilines is 2. The second kappa shape index (κ2) is 10.3. The number of pyridine rings is 1. The first kappa shape index (κ1) is 22.7. The van der Waals surface area contributed by atoms with Gasteiger partial charge >= 0.3 is 5.97 Å². The molecular weight excluding hydrogens is 368 g/mol. The number of carbonyl (C=O) groups is 2. The lowest BCUT2D eigenvalue weighted by atomic mass is 10.0. The van der Waals surface area contributed by atoms with Gasteiger partial charge in [0.2, 0.25) is 5.91 Å². The van der Waals surface area contributed by atoms with E-state index in [0.717, 1.165) is 36.9 Å². The maximum atomic E-state index is 12.6. The summed E-state index contributed by atoms with van der Waals surface area (Å²) >= 11 is 0. The van der Waals surface area contributed by atoms with E-state index in [4.69, 9.17) is 4.74 Å². The van der Waals surface area contributed by atoms with Crippen molar-refractivity contribution in [1.82, 2.24) is 9.55 Å². The summed E-state index contributed by atoms with van der Waals surface area (Å²) in [6.07, 6.45) is 4.88. The van der Waals surface area contributed by atoms with Crippen LogP contribution in [-0.2, 0) is 16.1 Å². The highest BCUT2D eigenvalue weighted by Gasteiger charge is 2.25. The molecule has 0 aromatic carbocycles. The number of nitrogens with one attached hydrogen (secondary N) is 2. The lowest BCUT2D eigenvalue weighted by molar-refractivity contribution is -0.114. The van der Waals surface area contributed by atoms with Gasteiger partial charge in [0.15, 0.2) is 5.69 Å². The van der Waals surface area contributed by atoms with Crippen LogP contribution in [0.2, 0.25) is 0 Å². The van der Waals surface area contributed by atoms with E-state index < -0.39 is 5.97 Å². The average molecular weight is 403 g/mol. The minimum Gasteiger partial charge on any atom is -0.464 e. The van der Waals surface area contributed by atoms with Crippen LogP contribution in [0.25, 0.3) is 11.0 Å². The zero-order chi connectivity index (χ0) is 21.6. The highest BCUT2D eigenvalue weighted by Crippen LogP contribution is 2.33. The summed E-state index contributed by atoms with van der Waals surface area (Å²) in [5.41, 5.74) is 2.33. The fourth-order valence-electron chi connectivity index (χ4n) is 3.38. The van der Waals surface area contributed by atoms with Crippen molar-refractivity contribution in [2.24, 2.45) is 11.8 Å². The third kappa shape index (κ3) is 5.49. The van der Waals surface area contributed by atoms with Crippen LogP contribution in [-0.4, -0.2) is 35.1 Å². The quantitative estimate of drug-likeness (QED) is 0.564. The van der Waals surface area contributed by atoms with Gasteiger partial charge in [0.25, 0.3) is 0 Å². The van der Waals surface area contributed by atoms with Gasteiger partial charge in [-0.25, -0.2) is 9.78 Å². The van der Waals surface area contributed by atoms with E-state index in [2.05, 4.69) is 43.3 Å². The zero-order valence-electron chi connectivity index (χ0n) is 18.5. The minimum atomic E-state index is -0.484. The van der Waals surface area contributed by atoms with Crippen molar-refractivity contribution >= 4 is 34.3 Å². The Morgan fingerprint density at radius 1 is 1.24 bits per heavy atom. The molecule has 2 heterocycles. The summed E-state index contributed by atoms with van der Waals surface area (Å²) in [6, 6.07) is 1.95. The number of rotatable bonds is 10. The largest absolute Gasteiger partial charge is 0.464 e. The second-order valence-electron chi connectivity index (χ2n) is 7.89. The lowest BCUT2D eigenvalue weighted by Gasteiger charge is -2.14. The monoisotopic (exact) mass is 402 g/mol. The van der Waals surface area contributed by atoms with E-state index in [1.54, 1.807) is 6.20 Å². The molecule has 7 nitrogen and oxygen atoms in total. The summed E-state index contributed by atoms with van der Waals surface area (Å²) < 4.78 is 6.88. The predicted molar refractivity (Wildman–Crippen MR) is 117 cm³/mol. The third-order valence-electron chi connectivity index (χ3n) is 5.26. The van der Waals surface area contributed by atoms with Gasteiger partial charge in [0.1, 0.15) is 5.65 Å². The van der Waals surface area contributed by atoms with Crippen LogP contribution in [0, 0.1) is 11.8 Å². The Morgan fingerprint density at radius 2 is 1.93 bits per heavy atom. The Morgan fingerprint density at radius 3 is 2.48 bits per heavy atom. The first-order valence-corrected chi connectivity index (χ1v) is 10.4. The molecule has 29 heavy (non-hydrogen) atoms. The van der Waals surface area contributed by atoms with Gasteiger partial charge in [0, 0.05) is 25.4 Å². The van der Waals surface area contributed by atoms with Gasteiger partial charge < -0.3 is 19.9 Å². The fraction of sp³-hybridized carbons (Fsp3) is 0.591. The molecule has 0 aliphatic rings. The Labute approximate surface area is 173 Å². The molecule has 1 amide bonds. The molecule has 0 saturated heterocycles. The topological polar surface area (TPSA) is 85.2 Å². The second-order valence-corrected chi connectivity index (χ2v) is 7.89. The summed E-state index contributed by atoms with van der Waals surface area (Å²) in [6.45, 7) is 11.5. The fourth-order valence-corrected chi connectivity index (χ4v) is 3.38. The molecule has 0 atom stereocenters. The lowest BCUT2D eigenvalue weighted by Crippen LogP contribution is -2.16. The van der Waals surface area contributed by atoms with E-state index in [1.165, 1.54) is 14.0 Å². The van der Waals surface area contributed by atoms with Gasteiger partial charge in [0.05, 0.1) is 24.7 Å². The Kier molecular flexibility index (Phi) is 8.05. The molecule has 0 saturated carbocycles. The summed E-state index contributed by atoms with van der Waals surface area (Å²) in [7, 11) is 1.35. The minimum absolute atomic E-state index is 0.242. The number of fused-ring (bicyclic) bond motifs is 1. The number of methoxy groups -OCH3 is 1. The van der Waals surface area contributed by atoms with Crippen LogP contribution in [0.3, 0.4) is 0 Å². The van der Waals surface area contributed by atoms with Gasteiger partial charge in [-0.05, 0) is 24.3 Å². The Balaban J connectivity index is 2.57. The normalized spacial score (nSPS) is 11.3. The number of aromatic nitrogens is 2. The van der Waals surface area contributed by atoms with Crippen molar-refractivity contribution in [1.29, 1.82) is 0 Å². The number of aryl methyl sites for hydroxylation is 1. The molecule has 0 aliphatic carbocycles. The number of hydrogen-bond donors (Lipinski definition) is 2. The van der Waals surface area contributed by atoms with Crippen molar-refractivity contribution in [3.05, 3.63) is 18.0 Å². The van der Waals surface area contributed by atoms with Gasteiger partial charge in [-0.1, -0.05) is 40.5 Å². The molecule has 2 aromatic rings. The van der Waals surface area contributed by atoms with Crippen molar-refractivity contribution < 1.29 is 14.3 Å². The third-order valence-corrected chi connectivity index (χ3v) is 5.26. The molecule has 0 bridgehead atoms. The van der Waals surface area contributed by atoms with Crippen LogP contribution in [0.4, 0.5) is 11.4 Å². The average Bonchev–Trinajstić information content (AvgIpc) is 2.98. The molecule has 0 spiro atoms. The number of hydrogen-bond acceptors (Lipinski definition) is 5. The standard InChI is InChI=1S/C22H34N4O3/c1-7-16(8-2)12-23-17-11-18-19(25-15(5)27)20(22(28)29-6)26(10-9-14(3)4)21(18)24-13-17/h11,13-14,16,23H,7-10,12H2,1-6H3,(H,25,27). The first-order chi connectivity index (χ1) is 13.8. The number of carbonyl (C=O) groups excluding carboxylic acids is 2. The molecular formula is C22H34N4O3. The van der Waals surface area contributed by atoms with Crippen molar-refractivity contribution in [3.63, 3.8) is 0 Å². The maximum absolute atomic E-state index is 12.6. The number of esters is 1. The molecule has 160 valence electrons. The Hall–Kier alpha value is -2.57. The predicted octanol–water partition coefficient (Wildman–Crippen LogP) is 4.68. The van der Waals surface area contributed by atoms with Crippen molar-refractivity contribution in [2.45, 2.75) is 60.4 Å². The molecule has 2 rings (SSSR count). The molecule has 2 aromatic heterocycles. The van der Waals surface area contributed by atoms with Gasteiger partial charge in [-0.15, -0.1) is 0 Å². The van der Waals surface area contributed by atoms with Crippen molar-refractivity contribution in [3.8, 4) is 0 Å². The summed E-state index contributed by atoms with van der Waals surface area (Å²) in [5, 5.41) is 7.00. The van der Waals surface area contributed by atoms with Crippen LogP contribution >= 0.6 is 0 Å². The molecule has 0 aliphatic heterocycles. The van der Waals surface area contributed by atoms with E-state index in [1.807, 2.05) is 10.6 Å². The smallest absolute Gasteiger partial charge is 0.356 e. The number of ether oxygens (including phenoxy) is 1. The summed E-state index contributed by atoms with van der Waals surface area (Å²) in [5.74, 6) is 0.320. The van der Waals surface area contributed by atoms with Crippen molar-refractivity contribution in [2.75, 3.05) is 24.3 Å². The number of amides is 1. The molecule has 0 fully saturated rings.